The largest absolute Gasteiger partial charge is 0.357 e. The molecule has 0 bridgehead atoms. The van der Waals surface area contributed by atoms with Crippen LogP contribution in [0.5, 0.6) is 0 Å². The number of nitrogens with zero attached hydrogens (tertiary/aromatic N) is 2. The van der Waals surface area contributed by atoms with Crippen molar-refractivity contribution in [3.8, 4) is 0 Å². The Labute approximate surface area is 198 Å². The lowest BCUT2D eigenvalue weighted by Crippen LogP contribution is -2.43. The van der Waals surface area contributed by atoms with Crippen molar-refractivity contribution < 1.29 is 19.2 Å². The monoisotopic (exact) mass is 472 g/mol. The zero-order valence-corrected chi connectivity index (χ0v) is 20.3. The predicted molar refractivity (Wildman–Crippen MR) is 129 cm³/mol. The minimum atomic E-state index is -0.333. The standard InChI is InChI=1S/C21H44N8O4/c1-3-22-5-11-28(12-6-23-4-2)15-9-26-20(32)17-21(33)27-10-16-29(13-7-24-18-30)14-8-25-19-31/h18-19,22-23H,3-17H2,1-2H3,(H,24,30)(H,25,31)(H,26,32)(H,27,33). The molecule has 33 heavy (non-hydrogen) atoms. The summed E-state index contributed by atoms with van der Waals surface area (Å²) >= 11 is 0. The summed E-state index contributed by atoms with van der Waals surface area (Å²) in [5.74, 6) is -0.631. The lowest BCUT2D eigenvalue weighted by Gasteiger charge is -2.23. The van der Waals surface area contributed by atoms with Gasteiger partial charge in [0, 0.05) is 78.5 Å². The minimum absolute atomic E-state index is 0.214. The van der Waals surface area contributed by atoms with Crippen molar-refractivity contribution in [1.82, 2.24) is 41.7 Å². The molecule has 0 aliphatic rings. The summed E-state index contributed by atoms with van der Waals surface area (Å²) in [5.41, 5.74) is 0. The van der Waals surface area contributed by atoms with E-state index in [0.29, 0.717) is 58.6 Å². The Morgan fingerprint density at radius 1 is 0.606 bits per heavy atom. The van der Waals surface area contributed by atoms with Crippen molar-refractivity contribution in [2.75, 3.05) is 91.6 Å². The van der Waals surface area contributed by atoms with Crippen LogP contribution in [0.1, 0.15) is 20.3 Å². The van der Waals surface area contributed by atoms with Gasteiger partial charge in [-0.2, -0.15) is 0 Å². The first-order chi connectivity index (χ1) is 16.1. The number of rotatable bonds is 24. The van der Waals surface area contributed by atoms with E-state index in [1.807, 2.05) is 4.90 Å². The molecular formula is C21H44N8O4. The van der Waals surface area contributed by atoms with E-state index in [1.54, 1.807) is 0 Å². The molecule has 0 heterocycles. The highest BCUT2D eigenvalue weighted by Gasteiger charge is 2.11. The van der Waals surface area contributed by atoms with Gasteiger partial charge in [-0.15, -0.1) is 0 Å². The van der Waals surface area contributed by atoms with Crippen molar-refractivity contribution in [2.45, 2.75) is 20.3 Å². The zero-order chi connectivity index (χ0) is 24.6. The van der Waals surface area contributed by atoms with Gasteiger partial charge in [0.15, 0.2) is 0 Å². The van der Waals surface area contributed by atoms with Gasteiger partial charge in [-0.05, 0) is 13.1 Å². The lowest BCUT2D eigenvalue weighted by molar-refractivity contribution is -0.129. The van der Waals surface area contributed by atoms with Crippen molar-refractivity contribution in [2.24, 2.45) is 0 Å². The minimum Gasteiger partial charge on any atom is -0.357 e. The molecule has 0 spiro atoms. The van der Waals surface area contributed by atoms with Gasteiger partial charge in [0.2, 0.25) is 24.6 Å². The highest BCUT2D eigenvalue weighted by atomic mass is 16.2. The Morgan fingerprint density at radius 2 is 0.970 bits per heavy atom. The van der Waals surface area contributed by atoms with Gasteiger partial charge >= 0.3 is 0 Å². The molecule has 0 aromatic carbocycles. The Morgan fingerprint density at radius 3 is 1.33 bits per heavy atom. The SMILES string of the molecule is CCNCCN(CCNCC)CCNC(=O)CC(=O)NCCN(CCNC=O)CCNC=O. The smallest absolute Gasteiger partial charge is 0.229 e. The van der Waals surface area contributed by atoms with Crippen molar-refractivity contribution in [1.29, 1.82) is 0 Å². The first-order valence-corrected chi connectivity index (χ1v) is 11.8. The van der Waals surface area contributed by atoms with Crippen molar-refractivity contribution >= 4 is 24.6 Å². The fourth-order valence-corrected chi connectivity index (χ4v) is 3.04. The molecule has 0 atom stereocenters. The summed E-state index contributed by atoms with van der Waals surface area (Å²) in [6.45, 7) is 13.8. The molecule has 0 rings (SSSR count). The fourth-order valence-electron chi connectivity index (χ4n) is 3.04. The second-order valence-corrected chi connectivity index (χ2v) is 7.41. The van der Waals surface area contributed by atoms with Gasteiger partial charge in [0.05, 0.1) is 0 Å². The Bertz CT molecular complexity index is 500. The first kappa shape index (κ1) is 30.7. The van der Waals surface area contributed by atoms with Crippen LogP contribution in [0.15, 0.2) is 0 Å². The summed E-state index contributed by atoms with van der Waals surface area (Å²) in [6.07, 6.45) is 1.05. The predicted octanol–water partition coefficient (Wildman–Crippen LogP) is -3.08. The van der Waals surface area contributed by atoms with E-state index >= 15 is 0 Å². The second kappa shape index (κ2) is 22.9. The lowest BCUT2D eigenvalue weighted by atomic mass is 10.3. The molecule has 0 fully saturated rings. The number of likely N-dealkylation sites (N-methyl/N-ethyl adjacent to an activating group) is 2. The van der Waals surface area contributed by atoms with Crippen LogP contribution in [0.3, 0.4) is 0 Å². The molecule has 4 amide bonds. The molecule has 0 saturated carbocycles. The second-order valence-electron chi connectivity index (χ2n) is 7.41. The maximum absolute atomic E-state index is 12.1. The van der Waals surface area contributed by atoms with Gasteiger partial charge < -0.3 is 31.9 Å². The topological polar surface area (TPSA) is 147 Å². The number of nitrogens with one attached hydrogen (secondary N) is 6. The maximum atomic E-state index is 12.1. The van der Waals surface area contributed by atoms with Crippen LogP contribution in [-0.4, -0.2) is 126 Å². The molecular weight excluding hydrogens is 428 g/mol. The normalized spacial score (nSPS) is 10.8. The van der Waals surface area contributed by atoms with Crippen LogP contribution < -0.4 is 31.9 Å². The third kappa shape index (κ3) is 20.1. The molecule has 192 valence electrons. The van der Waals surface area contributed by atoms with Crippen LogP contribution >= 0.6 is 0 Å². The fraction of sp³-hybridized carbons (Fsp3) is 0.810. The number of carbonyl (C=O) groups excluding carboxylic acids is 4. The van der Waals surface area contributed by atoms with E-state index in [9.17, 15) is 19.2 Å². The number of hydrogen-bond donors (Lipinski definition) is 6. The van der Waals surface area contributed by atoms with E-state index in [0.717, 1.165) is 45.8 Å². The Hall–Kier alpha value is -2.28. The van der Waals surface area contributed by atoms with Crippen molar-refractivity contribution in [3.63, 3.8) is 0 Å². The molecule has 0 radical (unpaired) electrons. The molecule has 0 aliphatic carbocycles. The molecule has 0 aromatic rings. The average molecular weight is 473 g/mol. The number of hydrogen-bond acceptors (Lipinski definition) is 8. The summed E-state index contributed by atoms with van der Waals surface area (Å²) in [7, 11) is 0. The van der Waals surface area contributed by atoms with Gasteiger partial charge in [0.25, 0.3) is 0 Å². The molecule has 0 aliphatic heterocycles. The van der Waals surface area contributed by atoms with E-state index in [-0.39, 0.29) is 18.2 Å². The van der Waals surface area contributed by atoms with Crippen LogP contribution in [-0.2, 0) is 19.2 Å². The van der Waals surface area contributed by atoms with E-state index in [4.69, 9.17) is 0 Å². The maximum Gasteiger partial charge on any atom is 0.229 e. The molecule has 0 unspecified atom stereocenters. The number of carbonyl (C=O) groups is 4. The molecule has 0 saturated heterocycles. The van der Waals surface area contributed by atoms with Gasteiger partial charge in [-0.3, -0.25) is 29.0 Å². The average Bonchev–Trinajstić information content (AvgIpc) is 2.79. The van der Waals surface area contributed by atoms with E-state index in [1.165, 1.54) is 0 Å². The Balaban J connectivity index is 4.16. The quantitative estimate of drug-likeness (QED) is 0.0493. The van der Waals surface area contributed by atoms with Crippen LogP contribution in [0.4, 0.5) is 0 Å². The molecule has 12 nitrogen and oxygen atoms in total. The van der Waals surface area contributed by atoms with E-state index < -0.39 is 0 Å². The van der Waals surface area contributed by atoms with Crippen LogP contribution in [0.25, 0.3) is 0 Å². The highest BCUT2D eigenvalue weighted by Crippen LogP contribution is 1.89. The Kier molecular flexibility index (Phi) is 21.3. The first-order valence-electron chi connectivity index (χ1n) is 11.8. The highest BCUT2D eigenvalue weighted by molar-refractivity contribution is 5.96. The summed E-state index contributed by atoms with van der Waals surface area (Å²) in [5, 5.41) is 17.3. The zero-order valence-electron chi connectivity index (χ0n) is 20.3. The summed E-state index contributed by atoms with van der Waals surface area (Å²) in [6, 6.07) is 0. The summed E-state index contributed by atoms with van der Waals surface area (Å²) in [4.78, 5) is 49.2. The van der Waals surface area contributed by atoms with Gasteiger partial charge in [-0.1, -0.05) is 13.8 Å². The van der Waals surface area contributed by atoms with Crippen LogP contribution in [0, 0.1) is 0 Å². The molecule has 0 aromatic heterocycles. The summed E-state index contributed by atoms with van der Waals surface area (Å²) < 4.78 is 0. The van der Waals surface area contributed by atoms with Crippen LogP contribution in [0.2, 0.25) is 0 Å². The molecule has 6 N–H and O–H groups in total. The van der Waals surface area contributed by atoms with Gasteiger partial charge in [-0.25, -0.2) is 0 Å². The van der Waals surface area contributed by atoms with Gasteiger partial charge in [0.1, 0.15) is 6.42 Å². The molecule has 12 heteroatoms. The third-order valence-corrected chi connectivity index (χ3v) is 4.84. The van der Waals surface area contributed by atoms with Crippen molar-refractivity contribution in [3.05, 3.63) is 0 Å². The van der Waals surface area contributed by atoms with E-state index in [2.05, 4.69) is 50.6 Å². The third-order valence-electron chi connectivity index (χ3n) is 4.84. The number of amides is 4.